The predicted octanol–water partition coefficient (Wildman–Crippen LogP) is 5.31. The average molecular weight is 507 g/mol. The van der Waals surface area contributed by atoms with Gasteiger partial charge in [-0.05, 0) is 60.5 Å². The second kappa shape index (κ2) is 8.88. The first-order valence-electron chi connectivity index (χ1n) is 9.60. The molecule has 3 aromatic rings. The smallest absolute Gasteiger partial charge is 0.338 e. The summed E-state index contributed by atoms with van der Waals surface area (Å²) in [6, 6.07) is 9.47. The first-order chi connectivity index (χ1) is 14.8. The van der Waals surface area contributed by atoms with E-state index < -0.39 is 12.0 Å². The van der Waals surface area contributed by atoms with E-state index in [-0.39, 0.29) is 11.9 Å². The van der Waals surface area contributed by atoms with Crippen LogP contribution >= 0.6 is 27.7 Å². The molecule has 1 unspecified atom stereocenters. The summed E-state index contributed by atoms with van der Waals surface area (Å²) in [6.07, 6.45) is -0.277. The molecule has 0 saturated carbocycles. The van der Waals surface area contributed by atoms with Gasteiger partial charge in [0.1, 0.15) is 17.6 Å². The monoisotopic (exact) mass is 506 g/mol. The minimum Gasteiger partial charge on any atom is -0.459 e. The number of ether oxygens (including phenoxy) is 1. The number of nitrogens with one attached hydrogen (secondary N) is 1. The molecule has 1 aromatic carbocycles. The second-order valence-corrected chi connectivity index (χ2v) is 8.93. The number of aromatic nitrogens is 3. The molecule has 0 radical (unpaired) electrons. The van der Waals surface area contributed by atoms with Crippen LogP contribution in [0.1, 0.15) is 38.1 Å². The van der Waals surface area contributed by atoms with Crippen molar-refractivity contribution < 1.29 is 18.3 Å². The van der Waals surface area contributed by atoms with Crippen LogP contribution in [-0.2, 0) is 15.3 Å². The maximum Gasteiger partial charge on any atom is 0.338 e. The molecule has 1 N–H and O–H groups in total. The minimum atomic E-state index is -0.649. The van der Waals surface area contributed by atoms with E-state index in [0.717, 1.165) is 0 Å². The molecule has 2 aromatic heterocycles. The lowest BCUT2D eigenvalue weighted by atomic mass is 10.0. The summed E-state index contributed by atoms with van der Waals surface area (Å²) in [4.78, 5) is 17.4. The van der Waals surface area contributed by atoms with Gasteiger partial charge in [0.15, 0.2) is 4.67 Å². The summed E-state index contributed by atoms with van der Waals surface area (Å²) in [7, 11) is 0. The fourth-order valence-corrected chi connectivity index (χ4v) is 4.37. The Kier molecular flexibility index (Phi) is 6.19. The van der Waals surface area contributed by atoms with E-state index >= 15 is 0 Å². The van der Waals surface area contributed by atoms with Crippen molar-refractivity contribution >= 4 is 39.6 Å². The van der Waals surface area contributed by atoms with Crippen molar-refractivity contribution in [2.75, 3.05) is 5.32 Å². The lowest BCUT2D eigenvalue weighted by Gasteiger charge is -2.26. The third-order valence-corrected chi connectivity index (χ3v) is 5.89. The van der Waals surface area contributed by atoms with Crippen LogP contribution in [0.25, 0.3) is 0 Å². The molecule has 1 aliphatic heterocycles. The van der Waals surface area contributed by atoms with Gasteiger partial charge in [-0.1, -0.05) is 30.0 Å². The number of fused-ring (bicyclic) bond motifs is 1. The highest BCUT2D eigenvalue weighted by molar-refractivity contribution is 9.10. The summed E-state index contributed by atoms with van der Waals surface area (Å²) >= 11 is 4.62. The Morgan fingerprint density at radius 2 is 2.13 bits per heavy atom. The van der Waals surface area contributed by atoms with Crippen molar-refractivity contribution in [1.29, 1.82) is 0 Å². The number of anilines is 1. The van der Waals surface area contributed by atoms with E-state index in [2.05, 4.69) is 31.3 Å². The molecule has 0 fully saturated rings. The Bertz CT molecular complexity index is 1160. The molecule has 0 bridgehead atoms. The van der Waals surface area contributed by atoms with Crippen LogP contribution < -0.4 is 5.32 Å². The topological polar surface area (TPSA) is 82.2 Å². The van der Waals surface area contributed by atoms with E-state index in [1.165, 1.54) is 17.8 Å². The normalized spacial score (nSPS) is 15.7. The Hall–Kier alpha value is -2.59. The zero-order valence-corrected chi connectivity index (χ0v) is 19.5. The molecular weight excluding hydrogens is 487 g/mol. The highest BCUT2D eigenvalue weighted by Gasteiger charge is 2.37. The zero-order chi connectivity index (χ0) is 22.1. The fraction of sp³-hybridized carbons (Fsp3) is 0.286. The Labute approximate surface area is 191 Å². The molecule has 0 saturated heterocycles. The maximum atomic E-state index is 14.0. The van der Waals surface area contributed by atoms with Gasteiger partial charge >= 0.3 is 5.97 Å². The van der Waals surface area contributed by atoms with E-state index in [4.69, 9.17) is 9.15 Å². The van der Waals surface area contributed by atoms with Gasteiger partial charge in [-0.25, -0.2) is 13.9 Å². The molecule has 1 aliphatic rings. The van der Waals surface area contributed by atoms with Crippen LogP contribution in [0.15, 0.2) is 61.9 Å². The molecule has 31 heavy (non-hydrogen) atoms. The third-order valence-electron chi connectivity index (χ3n) is 4.57. The fourth-order valence-electron chi connectivity index (χ4n) is 3.23. The van der Waals surface area contributed by atoms with Crippen molar-refractivity contribution in [3.8, 4) is 0 Å². The van der Waals surface area contributed by atoms with Gasteiger partial charge in [-0.15, -0.1) is 5.10 Å². The molecule has 1 atom stereocenters. The van der Waals surface area contributed by atoms with Crippen molar-refractivity contribution in [1.82, 2.24) is 14.8 Å². The number of halogens is 2. The number of carbonyl (C=O) groups is 1. The van der Waals surface area contributed by atoms with Crippen molar-refractivity contribution in [3.63, 3.8) is 0 Å². The van der Waals surface area contributed by atoms with Crippen LogP contribution in [0.3, 0.4) is 0 Å². The van der Waals surface area contributed by atoms with Gasteiger partial charge in [0.25, 0.3) is 0 Å². The number of benzene rings is 1. The second-order valence-electron chi connectivity index (χ2n) is 7.20. The van der Waals surface area contributed by atoms with Crippen LogP contribution in [0.4, 0.5) is 10.3 Å². The van der Waals surface area contributed by atoms with Gasteiger partial charge in [-0.3, -0.25) is 0 Å². The van der Waals surface area contributed by atoms with Crippen molar-refractivity contribution in [2.45, 2.75) is 43.8 Å². The summed E-state index contributed by atoms with van der Waals surface area (Å²) in [5, 5.41) is 8.15. The van der Waals surface area contributed by atoms with Gasteiger partial charge < -0.3 is 14.5 Å². The zero-order valence-electron chi connectivity index (χ0n) is 17.1. The van der Waals surface area contributed by atoms with Crippen molar-refractivity contribution in [3.05, 3.63) is 69.5 Å². The highest BCUT2D eigenvalue weighted by Crippen LogP contribution is 2.38. The Morgan fingerprint density at radius 1 is 1.35 bits per heavy atom. The standard InChI is InChI=1S/C21H20BrFN4O3S/c1-11(2)29-19(28)17-12(3)24-20-25-21(31-10-13-6-4-5-7-14(13)23)26-27(20)18(17)15-8-9-16(22)30-15/h4-9,11,18H,10H2,1-3H3,(H,24,25,26). The van der Waals surface area contributed by atoms with Gasteiger partial charge in [-0.2, -0.15) is 4.98 Å². The van der Waals surface area contributed by atoms with Crippen LogP contribution in [-0.4, -0.2) is 26.8 Å². The van der Waals surface area contributed by atoms with Gasteiger partial charge in [0.05, 0.1) is 11.7 Å². The minimum absolute atomic E-state index is 0.272. The molecular formula is C21H20BrFN4O3S. The van der Waals surface area contributed by atoms with E-state index in [0.29, 0.717) is 44.1 Å². The number of thioether (sulfide) groups is 1. The number of carbonyl (C=O) groups excluding carboxylic acids is 1. The Balaban J connectivity index is 1.68. The molecule has 7 nitrogen and oxygen atoms in total. The maximum absolute atomic E-state index is 14.0. The summed E-state index contributed by atoms with van der Waals surface area (Å²) < 4.78 is 27.3. The predicted molar refractivity (Wildman–Crippen MR) is 118 cm³/mol. The first kappa shape index (κ1) is 21.6. The summed E-state index contributed by atoms with van der Waals surface area (Å²) in [5.74, 6) is 0.625. The van der Waals surface area contributed by atoms with E-state index in [9.17, 15) is 9.18 Å². The average Bonchev–Trinajstić information content (AvgIpc) is 3.31. The largest absolute Gasteiger partial charge is 0.459 e. The number of rotatable bonds is 6. The van der Waals surface area contributed by atoms with Gasteiger partial charge in [0, 0.05) is 11.4 Å². The molecule has 0 aliphatic carbocycles. The van der Waals surface area contributed by atoms with Crippen LogP contribution in [0.2, 0.25) is 0 Å². The summed E-state index contributed by atoms with van der Waals surface area (Å²) in [6.45, 7) is 5.37. The van der Waals surface area contributed by atoms with E-state index in [1.807, 2.05) is 0 Å². The van der Waals surface area contributed by atoms with Gasteiger partial charge in [0.2, 0.25) is 11.1 Å². The molecule has 10 heteroatoms. The quantitative estimate of drug-likeness (QED) is 0.358. The molecule has 4 rings (SSSR count). The molecule has 0 spiro atoms. The molecule has 0 amide bonds. The van der Waals surface area contributed by atoms with E-state index in [1.54, 1.807) is 55.8 Å². The SMILES string of the molecule is CC1=C(C(=O)OC(C)C)C(c2ccc(Br)o2)n2nc(SCc3ccccc3F)nc2N1. The highest BCUT2D eigenvalue weighted by atomic mass is 79.9. The number of hydrogen-bond donors (Lipinski definition) is 1. The Morgan fingerprint density at radius 3 is 2.81 bits per heavy atom. The number of hydrogen-bond acceptors (Lipinski definition) is 7. The van der Waals surface area contributed by atoms with Crippen molar-refractivity contribution in [2.24, 2.45) is 0 Å². The lowest BCUT2D eigenvalue weighted by Crippen LogP contribution is -2.30. The van der Waals surface area contributed by atoms with Crippen LogP contribution in [0, 0.1) is 5.82 Å². The lowest BCUT2D eigenvalue weighted by molar-refractivity contribution is -0.143. The number of nitrogens with zero attached hydrogens (tertiary/aromatic N) is 3. The molecule has 162 valence electrons. The molecule has 3 heterocycles. The van der Waals surface area contributed by atoms with Crippen LogP contribution in [0.5, 0.6) is 0 Å². The number of furan rings is 1. The number of esters is 1. The third kappa shape index (κ3) is 4.54. The number of allylic oxidation sites excluding steroid dienone is 1. The summed E-state index contributed by atoms with van der Waals surface area (Å²) in [5.41, 5.74) is 1.56. The first-order valence-corrected chi connectivity index (χ1v) is 11.4.